The largest absolute Gasteiger partial charge is 0.492 e. The van der Waals surface area contributed by atoms with Crippen molar-refractivity contribution in [2.24, 2.45) is 5.92 Å². The first kappa shape index (κ1) is 33.8. The molecule has 10 nitrogen and oxygen atoms in total. The van der Waals surface area contributed by atoms with Crippen LogP contribution in [0.3, 0.4) is 0 Å². The maximum Gasteiger partial charge on any atom is 0.255 e. The average molecular weight is 621 g/mol. The summed E-state index contributed by atoms with van der Waals surface area (Å²) in [6.07, 6.45) is 6.43. The second-order valence-electron chi connectivity index (χ2n) is 12.3. The highest BCUT2D eigenvalue weighted by Gasteiger charge is 2.30. The summed E-state index contributed by atoms with van der Waals surface area (Å²) in [6.45, 7) is 7.12. The molecule has 0 unspecified atom stereocenters. The molecule has 1 heterocycles. The normalized spacial score (nSPS) is 20.4. The van der Waals surface area contributed by atoms with Crippen LogP contribution in [0, 0.1) is 5.92 Å². The van der Waals surface area contributed by atoms with Crippen molar-refractivity contribution in [1.29, 1.82) is 0 Å². The summed E-state index contributed by atoms with van der Waals surface area (Å²) in [7, 11) is 0. The number of benzene rings is 2. The van der Waals surface area contributed by atoms with Crippen molar-refractivity contribution in [3.8, 4) is 11.5 Å². The van der Waals surface area contributed by atoms with Crippen LogP contribution in [0.25, 0.3) is 0 Å². The first-order valence-electron chi connectivity index (χ1n) is 16.4. The van der Waals surface area contributed by atoms with Gasteiger partial charge in [0.2, 0.25) is 17.7 Å². The predicted octanol–water partition coefficient (Wildman–Crippen LogP) is 4.19. The van der Waals surface area contributed by atoms with Gasteiger partial charge in [0.25, 0.3) is 5.91 Å². The molecule has 3 N–H and O–H groups in total. The van der Waals surface area contributed by atoms with Crippen molar-refractivity contribution in [1.82, 2.24) is 20.9 Å². The van der Waals surface area contributed by atoms with Gasteiger partial charge in [0.05, 0.1) is 25.1 Å². The standard InChI is InChI=1S/C35H48N4O6/c1-4-39-19-21-45-31-13-9-8-12-28(31)33(41)38-29(23-32(40)37-30(35(39)43)22-24(2)3)34(42)36-18-20-44-27-16-14-26(15-17-27)25-10-6-5-7-11-25/h8-9,12-17,24-25,29-30H,4-7,10-11,18-23H2,1-3H3,(H,36,42)(H,37,40)(H,38,41)/t29-,30-/m0/s1. The number of amides is 4. The van der Waals surface area contributed by atoms with Crippen molar-refractivity contribution in [3.63, 3.8) is 0 Å². The van der Waals surface area contributed by atoms with Gasteiger partial charge in [-0.3, -0.25) is 19.2 Å². The van der Waals surface area contributed by atoms with Gasteiger partial charge < -0.3 is 30.3 Å². The maximum atomic E-state index is 13.4. The molecule has 10 heteroatoms. The maximum absolute atomic E-state index is 13.4. The Kier molecular flexibility index (Phi) is 12.7. The minimum absolute atomic E-state index is 0.141. The van der Waals surface area contributed by atoms with Crippen molar-refractivity contribution in [3.05, 3.63) is 59.7 Å². The molecular formula is C35H48N4O6. The second-order valence-corrected chi connectivity index (χ2v) is 12.3. The number of nitrogens with zero attached hydrogens (tertiary/aromatic N) is 1. The van der Waals surface area contributed by atoms with E-state index in [-0.39, 0.29) is 43.6 Å². The number of carbonyl (C=O) groups excluding carboxylic acids is 4. The van der Waals surface area contributed by atoms with Crippen LogP contribution in [0.2, 0.25) is 0 Å². The van der Waals surface area contributed by atoms with Gasteiger partial charge in [0.15, 0.2) is 0 Å². The number of likely N-dealkylation sites (N-methyl/N-ethyl adjacent to an activating group) is 1. The van der Waals surface area contributed by atoms with E-state index in [1.165, 1.54) is 37.7 Å². The van der Waals surface area contributed by atoms with Crippen LogP contribution < -0.4 is 25.4 Å². The first-order chi connectivity index (χ1) is 21.7. The van der Waals surface area contributed by atoms with E-state index in [1.54, 1.807) is 29.2 Å². The zero-order chi connectivity index (χ0) is 32.2. The zero-order valence-electron chi connectivity index (χ0n) is 26.8. The van der Waals surface area contributed by atoms with Crippen molar-refractivity contribution >= 4 is 23.6 Å². The topological polar surface area (TPSA) is 126 Å². The molecule has 244 valence electrons. The number of fused-ring (bicyclic) bond motifs is 1. The molecule has 1 aliphatic carbocycles. The molecular weight excluding hydrogens is 572 g/mol. The fourth-order valence-electron chi connectivity index (χ4n) is 6.01. The Hall–Kier alpha value is -4.08. The van der Waals surface area contributed by atoms with E-state index in [0.717, 1.165) is 0 Å². The van der Waals surface area contributed by atoms with Crippen LogP contribution >= 0.6 is 0 Å². The molecule has 2 atom stereocenters. The molecule has 0 bridgehead atoms. The summed E-state index contributed by atoms with van der Waals surface area (Å²) in [5, 5.41) is 8.33. The van der Waals surface area contributed by atoms with E-state index in [9.17, 15) is 19.2 Å². The lowest BCUT2D eigenvalue weighted by molar-refractivity contribution is -0.137. The lowest BCUT2D eigenvalue weighted by Crippen LogP contribution is -2.53. The minimum Gasteiger partial charge on any atom is -0.492 e. The lowest BCUT2D eigenvalue weighted by Gasteiger charge is -2.29. The van der Waals surface area contributed by atoms with Gasteiger partial charge in [-0.05, 0) is 67.9 Å². The molecule has 4 rings (SSSR count). The third kappa shape index (κ3) is 9.96. The van der Waals surface area contributed by atoms with Crippen molar-refractivity contribution < 1.29 is 28.7 Å². The van der Waals surface area contributed by atoms with Gasteiger partial charge >= 0.3 is 0 Å². The minimum atomic E-state index is -1.18. The average Bonchev–Trinajstić information content (AvgIpc) is 3.04. The first-order valence-corrected chi connectivity index (χ1v) is 16.4. The fourth-order valence-corrected chi connectivity index (χ4v) is 6.01. The molecule has 2 aliphatic rings. The molecule has 1 aliphatic heterocycles. The fraction of sp³-hybridized carbons (Fsp3) is 0.543. The second kappa shape index (κ2) is 16.8. The van der Waals surface area contributed by atoms with Crippen LogP contribution in [0.15, 0.2) is 48.5 Å². The Morgan fingerprint density at radius 2 is 1.76 bits per heavy atom. The summed E-state index contributed by atoms with van der Waals surface area (Å²) in [5.41, 5.74) is 1.57. The number of para-hydroxylation sites is 1. The van der Waals surface area contributed by atoms with E-state index in [4.69, 9.17) is 9.47 Å². The number of rotatable bonds is 9. The number of nitrogens with one attached hydrogen (secondary N) is 3. The van der Waals surface area contributed by atoms with Crippen LogP contribution in [-0.4, -0.2) is 73.5 Å². The summed E-state index contributed by atoms with van der Waals surface area (Å²) >= 11 is 0. The SMILES string of the molecule is CCN1CCOc2ccccc2C(=O)N[C@H](C(=O)NCCOc2ccc(C3CCCCC3)cc2)CC(=O)N[C@@H](CC(C)C)C1=O. The van der Waals surface area contributed by atoms with E-state index in [1.807, 2.05) is 32.9 Å². The Morgan fingerprint density at radius 3 is 2.47 bits per heavy atom. The van der Waals surface area contributed by atoms with E-state index >= 15 is 0 Å². The molecule has 45 heavy (non-hydrogen) atoms. The smallest absolute Gasteiger partial charge is 0.255 e. The van der Waals surface area contributed by atoms with E-state index in [0.29, 0.717) is 36.9 Å². The molecule has 2 aromatic carbocycles. The summed E-state index contributed by atoms with van der Waals surface area (Å²) in [6, 6.07) is 12.9. The summed E-state index contributed by atoms with van der Waals surface area (Å²) in [5.74, 6) is 0.0383. The number of hydrogen-bond acceptors (Lipinski definition) is 6. The molecule has 1 fully saturated rings. The quantitative estimate of drug-likeness (QED) is 0.361. The van der Waals surface area contributed by atoms with Crippen LogP contribution in [0.4, 0.5) is 0 Å². The Balaban J connectivity index is 1.42. The zero-order valence-corrected chi connectivity index (χ0v) is 26.8. The summed E-state index contributed by atoms with van der Waals surface area (Å²) in [4.78, 5) is 55.0. The highest BCUT2D eigenvalue weighted by Crippen LogP contribution is 2.33. The predicted molar refractivity (Wildman–Crippen MR) is 172 cm³/mol. The third-order valence-electron chi connectivity index (χ3n) is 8.42. The molecule has 1 saturated carbocycles. The van der Waals surface area contributed by atoms with Gasteiger partial charge in [-0.15, -0.1) is 0 Å². The van der Waals surface area contributed by atoms with Crippen LogP contribution in [0.5, 0.6) is 11.5 Å². The third-order valence-corrected chi connectivity index (χ3v) is 8.42. The van der Waals surface area contributed by atoms with Crippen LogP contribution in [-0.2, 0) is 14.4 Å². The highest BCUT2D eigenvalue weighted by atomic mass is 16.5. The number of carbonyl (C=O) groups is 4. The van der Waals surface area contributed by atoms with E-state index < -0.39 is 29.8 Å². The molecule has 2 aromatic rings. The Labute approximate surface area is 266 Å². The number of hydrogen-bond donors (Lipinski definition) is 3. The van der Waals surface area contributed by atoms with Gasteiger partial charge in [-0.1, -0.05) is 57.4 Å². The van der Waals surface area contributed by atoms with Crippen molar-refractivity contribution in [2.45, 2.75) is 83.7 Å². The lowest BCUT2D eigenvalue weighted by atomic mass is 9.84. The van der Waals surface area contributed by atoms with Gasteiger partial charge in [-0.2, -0.15) is 0 Å². The highest BCUT2D eigenvalue weighted by molar-refractivity contribution is 6.01. The Morgan fingerprint density at radius 1 is 1.02 bits per heavy atom. The summed E-state index contributed by atoms with van der Waals surface area (Å²) < 4.78 is 11.8. The molecule has 0 spiro atoms. The van der Waals surface area contributed by atoms with E-state index in [2.05, 4.69) is 28.1 Å². The van der Waals surface area contributed by atoms with Gasteiger partial charge in [0.1, 0.15) is 36.8 Å². The van der Waals surface area contributed by atoms with Gasteiger partial charge in [-0.25, -0.2) is 0 Å². The Bertz CT molecular complexity index is 1290. The molecule has 0 radical (unpaired) electrons. The number of ether oxygens (including phenoxy) is 2. The monoisotopic (exact) mass is 620 g/mol. The van der Waals surface area contributed by atoms with Crippen molar-refractivity contribution in [2.75, 3.05) is 32.8 Å². The van der Waals surface area contributed by atoms with Gasteiger partial charge in [0, 0.05) is 6.54 Å². The van der Waals surface area contributed by atoms with Crippen LogP contribution in [0.1, 0.15) is 87.6 Å². The molecule has 0 aromatic heterocycles. The molecule has 0 saturated heterocycles. The molecule has 4 amide bonds.